The largest absolute Gasteiger partial charge is 0.361 e. The zero-order valence-electron chi connectivity index (χ0n) is 8.77. The summed E-state index contributed by atoms with van der Waals surface area (Å²) < 4.78 is 11.2. The van der Waals surface area contributed by atoms with Crippen LogP contribution in [0.1, 0.15) is 0 Å². The molecular weight excluding hydrogens is 202 g/mol. The normalized spacial score (nSPS) is 32.8. The summed E-state index contributed by atoms with van der Waals surface area (Å²) in [5.41, 5.74) is 2.13. The second-order valence-electron chi connectivity index (χ2n) is 3.75. The Labute approximate surface area is 94.4 Å². The van der Waals surface area contributed by atoms with Crippen molar-refractivity contribution in [2.45, 2.75) is 5.79 Å². The van der Waals surface area contributed by atoms with E-state index in [9.17, 15) is 0 Å². The lowest BCUT2D eigenvalue weighted by molar-refractivity contribution is -0.0743. The minimum atomic E-state index is -0.677. The number of ether oxygens (including phenoxy) is 2. The Kier molecular flexibility index (Phi) is 2.27. The Morgan fingerprint density at radius 1 is 1.25 bits per heavy atom. The maximum absolute atomic E-state index is 5.60. The van der Waals surface area contributed by atoms with E-state index < -0.39 is 5.79 Å². The molecule has 0 saturated carbocycles. The van der Waals surface area contributed by atoms with Gasteiger partial charge in [-0.05, 0) is 36.0 Å². The lowest BCUT2D eigenvalue weighted by Gasteiger charge is -2.21. The number of fused-ring (bicyclic) bond motifs is 1. The summed E-state index contributed by atoms with van der Waals surface area (Å²) in [6.07, 6.45) is 16.5. The van der Waals surface area contributed by atoms with Gasteiger partial charge >= 0.3 is 0 Å². The van der Waals surface area contributed by atoms with Crippen molar-refractivity contribution in [3.05, 3.63) is 60.0 Å². The van der Waals surface area contributed by atoms with Crippen molar-refractivity contribution in [3.63, 3.8) is 0 Å². The lowest BCUT2D eigenvalue weighted by atomic mass is 10.0. The molecule has 3 aliphatic rings. The predicted molar refractivity (Wildman–Crippen MR) is 60.0 cm³/mol. The van der Waals surface area contributed by atoms with Crippen LogP contribution >= 0.6 is 0 Å². The Morgan fingerprint density at radius 3 is 3.00 bits per heavy atom. The van der Waals surface area contributed by atoms with Gasteiger partial charge in [-0.25, -0.2) is 0 Å². The quantitative estimate of drug-likeness (QED) is 0.664. The van der Waals surface area contributed by atoms with Crippen LogP contribution in [0, 0.1) is 6.08 Å². The van der Waals surface area contributed by atoms with Gasteiger partial charge in [0.15, 0.2) is 0 Å². The highest BCUT2D eigenvalue weighted by Crippen LogP contribution is 2.26. The van der Waals surface area contributed by atoms with Crippen molar-refractivity contribution in [2.24, 2.45) is 0 Å². The fourth-order valence-electron chi connectivity index (χ4n) is 1.87. The molecule has 0 atom stereocenters. The zero-order chi connectivity index (χ0) is 10.8. The topological polar surface area (TPSA) is 30.5 Å². The standard InChI is InChI=1S/C13H12NO2/c1-4-12-11(3-2-8-14-12)5-7-13(6-1)15-9-10-16-13/h1,3-8,14H,9-10H2/b6-1-,7-5-,12-4+. The van der Waals surface area contributed by atoms with Crippen LogP contribution in [0.2, 0.25) is 0 Å². The minimum Gasteiger partial charge on any atom is -0.361 e. The van der Waals surface area contributed by atoms with E-state index in [2.05, 4.69) is 11.4 Å². The summed E-state index contributed by atoms with van der Waals surface area (Å²) in [5.74, 6) is -0.677. The van der Waals surface area contributed by atoms with E-state index in [4.69, 9.17) is 9.47 Å². The summed E-state index contributed by atoms with van der Waals surface area (Å²) >= 11 is 0. The zero-order valence-corrected chi connectivity index (χ0v) is 8.77. The Morgan fingerprint density at radius 2 is 2.12 bits per heavy atom. The Balaban J connectivity index is 1.99. The van der Waals surface area contributed by atoms with Crippen LogP contribution in [0.15, 0.2) is 53.9 Å². The Bertz CT molecular complexity index is 435. The van der Waals surface area contributed by atoms with E-state index in [1.165, 1.54) is 0 Å². The molecule has 3 rings (SSSR count). The summed E-state index contributed by atoms with van der Waals surface area (Å²) in [4.78, 5) is 0. The third-order valence-corrected chi connectivity index (χ3v) is 2.69. The molecule has 3 heteroatoms. The number of allylic oxidation sites excluding steroid dienone is 5. The third-order valence-electron chi connectivity index (χ3n) is 2.69. The maximum atomic E-state index is 5.60. The van der Waals surface area contributed by atoms with Crippen molar-refractivity contribution in [1.29, 1.82) is 0 Å². The first kappa shape index (κ1) is 9.63. The van der Waals surface area contributed by atoms with Gasteiger partial charge in [-0.15, -0.1) is 0 Å². The van der Waals surface area contributed by atoms with Crippen molar-refractivity contribution < 1.29 is 9.47 Å². The summed E-state index contributed by atoms with van der Waals surface area (Å²) in [6.45, 7) is 1.27. The third kappa shape index (κ3) is 1.64. The van der Waals surface area contributed by atoms with E-state index in [0.717, 1.165) is 11.3 Å². The predicted octanol–water partition coefficient (Wildman–Crippen LogP) is 1.59. The van der Waals surface area contributed by atoms with Crippen molar-refractivity contribution in [2.75, 3.05) is 13.2 Å². The van der Waals surface area contributed by atoms with Crippen LogP contribution in [0.5, 0.6) is 0 Å². The SMILES string of the molecule is [C]1=CN/C2=C/C=C\C3(/C=C\C2=C1)OCCO3. The van der Waals surface area contributed by atoms with Gasteiger partial charge in [0.05, 0.1) is 13.2 Å². The van der Waals surface area contributed by atoms with Crippen LogP contribution in [0.25, 0.3) is 0 Å². The van der Waals surface area contributed by atoms with Gasteiger partial charge in [-0.2, -0.15) is 0 Å². The minimum absolute atomic E-state index is 0.634. The van der Waals surface area contributed by atoms with Crippen LogP contribution in [-0.4, -0.2) is 19.0 Å². The molecule has 1 fully saturated rings. The van der Waals surface area contributed by atoms with E-state index >= 15 is 0 Å². The van der Waals surface area contributed by atoms with Gasteiger partial charge < -0.3 is 14.8 Å². The van der Waals surface area contributed by atoms with E-state index in [0.29, 0.717) is 13.2 Å². The molecule has 16 heavy (non-hydrogen) atoms. The van der Waals surface area contributed by atoms with Crippen LogP contribution in [0.3, 0.4) is 0 Å². The first-order valence-corrected chi connectivity index (χ1v) is 5.29. The molecule has 1 N–H and O–H groups in total. The molecule has 3 nitrogen and oxygen atoms in total. The van der Waals surface area contributed by atoms with Gasteiger partial charge in [-0.1, -0.05) is 12.2 Å². The highest BCUT2D eigenvalue weighted by molar-refractivity contribution is 5.46. The van der Waals surface area contributed by atoms with Gasteiger partial charge in [-0.3, -0.25) is 0 Å². The first-order chi connectivity index (χ1) is 7.88. The van der Waals surface area contributed by atoms with Gasteiger partial charge in [0.25, 0.3) is 0 Å². The smallest absolute Gasteiger partial charge is 0.208 e. The summed E-state index contributed by atoms with van der Waals surface area (Å²) in [7, 11) is 0. The molecule has 1 radical (unpaired) electrons. The van der Waals surface area contributed by atoms with Crippen LogP contribution in [0.4, 0.5) is 0 Å². The molecular formula is C13H12NO2. The fraction of sp³-hybridized carbons (Fsp3) is 0.231. The monoisotopic (exact) mass is 214 g/mol. The first-order valence-electron chi connectivity index (χ1n) is 5.29. The Hall–Kier alpha value is -1.58. The van der Waals surface area contributed by atoms with Crippen LogP contribution in [-0.2, 0) is 9.47 Å². The number of dihydropyridines is 1. The summed E-state index contributed by atoms with van der Waals surface area (Å²) in [6, 6.07) is 0. The van der Waals surface area contributed by atoms with Gasteiger partial charge in [0, 0.05) is 11.9 Å². The molecule has 1 aliphatic carbocycles. The highest BCUT2D eigenvalue weighted by atomic mass is 16.7. The van der Waals surface area contributed by atoms with Gasteiger partial charge in [0.2, 0.25) is 5.79 Å². The molecule has 1 spiro atoms. The maximum Gasteiger partial charge on any atom is 0.208 e. The lowest BCUT2D eigenvalue weighted by Crippen LogP contribution is -2.25. The van der Waals surface area contributed by atoms with Crippen molar-refractivity contribution in [3.8, 4) is 0 Å². The molecule has 1 saturated heterocycles. The molecule has 0 aromatic carbocycles. The van der Waals surface area contributed by atoms with Crippen molar-refractivity contribution >= 4 is 0 Å². The molecule has 0 bridgehead atoms. The molecule has 81 valence electrons. The molecule has 0 unspecified atom stereocenters. The molecule has 0 amide bonds. The summed E-state index contributed by atoms with van der Waals surface area (Å²) in [5, 5.41) is 3.14. The number of hydrogen-bond acceptors (Lipinski definition) is 3. The van der Waals surface area contributed by atoms with E-state index in [1.807, 2.05) is 36.5 Å². The van der Waals surface area contributed by atoms with Crippen molar-refractivity contribution in [1.82, 2.24) is 5.32 Å². The number of hydrogen-bond donors (Lipinski definition) is 1. The second kappa shape index (κ2) is 3.77. The number of rotatable bonds is 0. The molecule has 2 heterocycles. The van der Waals surface area contributed by atoms with E-state index in [-0.39, 0.29) is 0 Å². The van der Waals surface area contributed by atoms with Gasteiger partial charge in [0.1, 0.15) is 0 Å². The molecule has 2 aliphatic heterocycles. The average molecular weight is 214 g/mol. The second-order valence-corrected chi connectivity index (χ2v) is 3.75. The highest BCUT2D eigenvalue weighted by Gasteiger charge is 2.31. The fourth-order valence-corrected chi connectivity index (χ4v) is 1.87. The number of nitrogens with one attached hydrogen (secondary N) is 1. The molecule has 0 aromatic rings. The average Bonchev–Trinajstić information content (AvgIpc) is 2.75. The molecule has 0 aromatic heterocycles. The van der Waals surface area contributed by atoms with Crippen LogP contribution < -0.4 is 5.32 Å². The van der Waals surface area contributed by atoms with E-state index in [1.54, 1.807) is 6.20 Å².